The first kappa shape index (κ1) is 15.1. The quantitative estimate of drug-likeness (QED) is 0.842. The van der Waals surface area contributed by atoms with Crippen molar-refractivity contribution in [2.45, 2.75) is 44.9 Å². The van der Waals surface area contributed by atoms with E-state index in [2.05, 4.69) is 6.07 Å². The second kappa shape index (κ2) is 6.51. The van der Waals surface area contributed by atoms with E-state index in [0.29, 0.717) is 12.8 Å². The zero-order chi connectivity index (χ0) is 15.5. The molecule has 0 N–H and O–H groups in total. The zero-order valence-corrected chi connectivity index (χ0v) is 13.3. The molecule has 1 aromatic carbocycles. The van der Waals surface area contributed by atoms with Crippen LogP contribution in [0.3, 0.4) is 0 Å². The Hall–Kier alpha value is -1.84. The Bertz CT molecular complexity index is 574. The molecule has 2 amide bonds. The number of fused-ring (bicyclic) bond motifs is 1. The van der Waals surface area contributed by atoms with E-state index < -0.39 is 0 Å². The fourth-order valence-electron chi connectivity index (χ4n) is 3.43. The Labute approximate surface area is 132 Å². The second-order valence-electron chi connectivity index (χ2n) is 6.39. The first-order valence-corrected chi connectivity index (χ1v) is 8.31. The Kier molecular flexibility index (Phi) is 4.46. The lowest BCUT2D eigenvalue weighted by Gasteiger charge is -2.26. The van der Waals surface area contributed by atoms with E-state index in [0.717, 1.165) is 43.6 Å². The molecule has 1 aromatic rings. The summed E-state index contributed by atoms with van der Waals surface area (Å²) in [4.78, 5) is 27.9. The molecular formula is C18H24N2O2. The highest BCUT2D eigenvalue weighted by Gasteiger charge is 2.22. The van der Waals surface area contributed by atoms with Crippen molar-refractivity contribution < 1.29 is 9.59 Å². The molecule has 0 atom stereocenters. The average Bonchev–Trinajstić information content (AvgIpc) is 2.80. The summed E-state index contributed by atoms with van der Waals surface area (Å²) in [6.07, 6.45) is 6.56. The molecule has 0 aromatic heterocycles. The summed E-state index contributed by atoms with van der Waals surface area (Å²) in [6.45, 7) is 1.81. The molecule has 4 nitrogen and oxygen atoms in total. The van der Waals surface area contributed by atoms with Gasteiger partial charge in [-0.25, -0.2) is 0 Å². The van der Waals surface area contributed by atoms with Crippen molar-refractivity contribution in [2.75, 3.05) is 25.0 Å². The van der Waals surface area contributed by atoms with Crippen molar-refractivity contribution in [1.82, 2.24) is 4.90 Å². The number of rotatable bonds is 2. The van der Waals surface area contributed by atoms with Crippen LogP contribution in [0, 0.1) is 0 Å². The van der Waals surface area contributed by atoms with Gasteiger partial charge >= 0.3 is 0 Å². The number of hydrogen-bond acceptors (Lipinski definition) is 2. The first-order chi connectivity index (χ1) is 10.6. The van der Waals surface area contributed by atoms with E-state index >= 15 is 0 Å². The maximum absolute atomic E-state index is 12.5. The van der Waals surface area contributed by atoms with Gasteiger partial charge in [-0.2, -0.15) is 0 Å². The number of hydrogen-bond donors (Lipinski definition) is 0. The standard InChI is InChI=1S/C18H24N2O2/c1-19-16-8-6-14(12-15(16)7-9-17(19)21)13-18(22)20-10-4-2-3-5-11-20/h6,8,12H,2-5,7,9-11,13H2,1H3. The van der Waals surface area contributed by atoms with Gasteiger partial charge in [0.2, 0.25) is 11.8 Å². The Morgan fingerprint density at radius 2 is 1.82 bits per heavy atom. The van der Waals surface area contributed by atoms with Crippen molar-refractivity contribution in [3.63, 3.8) is 0 Å². The van der Waals surface area contributed by atoms with Gasteiger partial charge in [-0.05, 0) is 36.5 Å². The van der Waals surface area contributed by atoms with Gasteiger partial charge in [-0.15, -0.1) is 0 Å². The highest BCUT2D eigenvalue weighted by atomic mass is 16.2. The van der Waals surface area contributed by atoms with Crippen molar-refractivity contribution >= 4 is 17.5 Å². The predicted octanol–water partition coefficient (Wildman–Crippen LogP) is 2.54. The fraction of sp³-hybridized carbons (Fsp3) is 0.556. The fourth-order valence-corrected chi connectivity index (χ4v) is 3.43. The molecule has 0 radical (unpaired) electrons. The summed E-state index contributed by atoms with van der Waals surface area (Å²) in [6, 6.07) is 6.08. The van der Waals surface area contributed by atoms with E-state index in [4.69, 9.17) is 0 Å². The number of aryl methyl sites for hydroxylation is 1. The summed E-state index contributed by atoms with van der Waals surface area (Å²) < 4.78 is 0. The molecule has 4 heteroatoms. The number of amides is 2. The van der Waals surface area contributed by atoms with Crippen LogP contribution in [-0.4, -0.2) is 36.9 Å². The van der Waals surface area contributed by atoms with Crippen molar-refractivity contribution in [3.8, 4) is 0 Å². The lowest BCUT2D eigenvalue weighted by Crippen LogP contribution is -2.33. The SMILES string of the molecule is CN1C(=O)CCc2cc(CC(=O)N3CCCCCC3)ccc21. The maximum Gasteiger partial charge on any atom is 0.227 e. The van der Waals surface area contributed by atoms with Gasteiger partial charge in [0.1, 0.15) is 0 Å². The minimum absolute atomic E-state index is 0.167. The van der Waals surface area contributed by atoms with E-state index in [1.807, 2.05) is 24.1 Å². The van der Waals surface area contributed by atoms with Crippen molar-refractivity contribution in [3.05, 3.63) is 29.3 Å². The van der Waals surface area contributed by atoms with Gasteiger partial charge < -0.3 is 9.80 Å². The smallest absolute Gasteiger partial charge is 0.227 e. The Morgan fingerprint density at radius 1 is 1.09 bits per heavy atom. The number of carbonyl (C=O) groups is 2. The number of nitrogens with zero attached hydrogens (tertiary/aromatic N) is 2. The molecule has 0 unspecified atom stereocenters. The van der Waals surface area contributed by atoms with Crippen LogP contribution in [0.2, 0.25) is 0 Å². The Balaban J connectivity index is 1.70. The summed E-state index contributed by atoms with van der Waals surface area (Å²) in [5, 5.41) is 0. The van der Waals surface area contributed by atoms with E-state index in [9.17, 15) is 9.59 Å². The van der Waals surface area contributed by atoms with Crippen LogP contribution in [0.1, 0.15) is 43.2 Å². The lowest BCUT2D eigenvalue weighted by molar-refractivity contribution is -0.130. The molecule has 0 spiro atoms. The zero-order valence-electron chi connectivity index (χ0n) is 13.3. The van der Waals surface area contributed by atoms with Crippen LogP contribution in [0.15, 0.2) is 18.2 Å². The van der Waals surface area contributed by atoms with Crippen LogP contribution in [0.4, 0.5) is 5.69 Å². The second-order valence-corrected chi connectivity index (χ2v) is 6.39. The molecule has 0 saturated carbocycles. The van der Waals surface area contributed by atoms with Gasteiger partial charge in [0.15, 0.2) is 0 Å². The van der Waals surface area contributed by atoms with Gasteiger partial charge in [-0.1, -0.05) is 25.0 Å². The summed E-state index contributed by atoms with van der Waals surface area (Å²) in [5.41, 5.74) is 3.24. The van der Waals surface area contributed by atoms with Gasteiger partial charge in [0, 0.05) is 32.2 Å². The summed E-state index contributed by atoms with van der Waals surface area (Å²) >= 11 is 0. The highest BCUT2D eigenvalue weighted by molar-refractivity contribution is 5.96. The van der Waals surface area contributed by atoms with Crippen molar-refractivity contribution in [2.24, 2.45) is 0 Å². The maximum atomic E-state index is 12.5. The number of likely N-dealkylation sites (tertiary alicyclic amines) is 1. The topological polar surface area (TPSA) is 40.6 Å². The summed E-state index contributed by atoms with van der Waals surface area (Å²) in [5.74, 6) is 0.406. The molecule has 1 saturated heterocycles. The minimum Gasteiger partial charge on any atom is -0.342 e. The van der Waals surface area contributed by atoms with Crippen LogP contribution in [-0.2, 0) is 22.4 Å². The third-order valence-corrected chi connectivity index (χ3v) is 4.80. The largest absolute Gasteiger partial charge is 0.342 e. The monoisotopic (exact) mass is 300 g/mol. The Morgan fingerprint density at radius 3 is 2.55 bits per heavy atom. The summed E-state index contributed by atoms with van der Waals surface area (Å²) in [7, 11) is 1.82. The molecule has 22 heavy (non-hydrogen) atoms. The van der Waals surface area contributed by atoms with Gasteiger partial charge in [0.05, 0.1) is 6.42 Å². The number of carbonyl (C=O) groups excluding carboxylic acids is 2. The number of anilines is 1. The molecular weight excluding hydrogens is 276 g/mol. The van der Waals surface area contributed by atoms with E-state index in [1.54, 1.807) is 4.90 Å². The van der Waals surface area contributed by atoms with Gasteiger partial charge in [-0.3, -0.25) is 9.59 Å². The first-order valence-electron chi connectivity index (χ1n) is 8.31. The van der Waals surface area contributed by atoms with E-state index in [-0.39, 0.29) is 11.8 Å². The van der Waals surface area contributed by atoms with Crippen molar-refractivity contribution in [1.29, 1.82) is 0 Å². The van der Waals surface area contributed by atoms with E-state index in [1.165, 1.54) is 18.4 Å². The molecule has 2 heterocycles. The molecule has 1 fully saturated rings. The molecule has 0 aliphatic carbocycles. The molecule has 2 aliphatic rings. The molecule has 3 rings (SSSR count). The predicted molar refractivity (Wildman–Crippen MR) is 86.9 cm³/mol. The highest BCUT2D eigenvalue weighted by Crippen LogP contribution is 2.27. The third-order valence-electron chi connectivity index (χ3n) is 4.80. The number of benzene rings is 1. The van der Waals surface area contributed by atoms with Crippen LogP contribution in [0.5, 0.6) is 0 Å². The average molecular weight is 300 g/mol. The molecule has 2 aliphatic heterocycles. The van der Waals surface area contributed by atoms with Crippen LogP contribution < -0.4 is 4.90 Å². The lowest BCUT2D eigenvalue weighted by atomic mass is 9.98. The molecule has 0 bridgehead atoms. The van der Waals surface area contributed by atoms with Crippen LogP contribution >= 0.6 is 0 Å². The molecule has 118 valence electrons. The normalized spacial score (nSPS) is 18.9. The van der Waals surface area contributed by atoms with Crippen LogP contribution in [0.25, 0.3) is 0 Å². The van der Waals surface area contributed by atoms with Gasteiger partial charge in [0.25, 0.3) is 0 Å². The minimum atomic E-state index is 0.167. The third kappa shape index (κ3) is 3.16.